The van der Waals surface area contributed by atoms with E-state index in [0.29, 0.717) is 31.1 Å². The highest BCUT2D eigenvalue weighted by Gasteiger charge is 2.35. The number of nitrogens with one attached hydrogen (secondary N) is 2. The molecule has 1 aliphatic heterocycles. The van der Waals surface area contributed by atoms with Crippen molar-refractivity contribution in [2.75, 3.05) is 25.2 Å². The summed E-state index contributed by atoms with van der Waals surface area (Å²) in [6, 6.07) is 24.0. The Labute approximate surface area is 210 Å². The van der Waals surface area contributed by atoms with Gasteiger partial charge in [0.2, 0.25) is 11.8 Å². The SMILES string of the molecule is COc1ccc(CNC(=O)[C@H]2CC(=O)N(c3ccc(OCC(=O)NCc4ccccc4)cc3)C2)cc1. The van der Waals surface area contributed by atoms with E-state index in [1.165, 1.54) is 0 Å². The van der Waals surface area contributed by atoms with Crippen molar-refractivity contribution in [1.29, 1.82) is 0 Å². The largest absolute Gasteiger partial charge is 0.497 e. The normalized spacial score (nSPS) is 14.9. The lowest BCUT2D eigenvalue weighted by molar-refractivity contribution is -0.126. The molecule has 186 valence electrons. The number of rotatable bonds is 10. The minimum Gasteiger partial charge on any atom is -0.497 e. The minimum atomic E-state index is -0.417. The van der Waals surface area contributed by atoms with Gasteiger partial charge in [0.15, 0.2) is 6.61 Å². The number of benzene rings is 3. The summed E-state index contributed by atoms with van der Waals surface area (Å²) in [6.45, 7) is 1.03. The van der Waals surface area contributed by atoms with E-state index in [9.17, 15) is 14.4 Å². The lowest BCUT2D eigenvalue weighted by Crippen LogP contribution is -2.32. The third kappa shape index (κ3) is 6.63. The van der Waals surface area contributed by atoms with E-state index in [4.69, 9.17) is 9.47 Å². The number of methoxy groups -OCH3 is 1. The first kappa shape index (κ1) is 24.8. The van der Waals surface area contributed by atoms with Crippen molar-refractivity contribution in [3.8, 4) is 11.5 Å². The van der Waals surface area contributed by atoms with Crippen molar-refractivity contribution in [2.24, 2.45) is 5.92 Å². The molecule has 4 rings (SSSR count). The van der Waals surface area contributed by atoms with E-state index >= 15 is 0 Å². The Morgan fingerprint density at radius 3 is 2.19 bits per heavy atom. The van der Waals surface area contributed by atoms with Gasteiger partial charge in [0.1, 0.15) is 11.5 Å². The van der Waals surface area contributed by atoms with E-state index in [-0.39, 0.29) is 30.7 Å². The van der Waals surface area contributed by atoms with Crippen molar-refractivity contribution in [1.82, 2.24) is 10.6 Å². The number of carbonyl (C=O) groups excluding carboxylic acids is 3. The molecule has 1 aliphatic rings. The van der Waals surface area contributed by atoms with E-state index in [1.807, 2.05) is 54.6 Å². The Bertz CT molecular complexity index is 1180. The number of ether oxygens (including phenoxy) is 2. The van der Waals surface area contributed by atoms with Crippen LogP contribution in [0.4, 0.5) is 5.69 Å². The lowest BCUT2D eigenvalue weighted by atomic mass is 10.1. The molecule has 8 nitrogen and oxygen atoms in total. The minimum absolute atomic E-state index is 0.103. The van der Waals surface area contributed by atoms with Gasteiger partial charge in [-0.2, -0.15) is 0 Å². The average Bonchev–Trinajstić information content (AvgIpc) is 3.32. The summed E-state index contributed by atoms with van der Waals surface area (Å²) in [4.78, 5) is 38.9. The molecule has 1 heterocycles. The van der Waals surface area contributed by atoms with Gasteiger partial charge in [-0.25, -0.2) is 0 Å². The maximum absolute atomic E-state index is 12.6. The first-order chi connectivity index (χ1) is 17.5. The fourth-order valence-electron chi connectivity index (χ4n) is 3.93. The van der Waals surface area contributed by atoms with Crippen LogP contribution < -0.4 is 25.0 Å². The molecule has 0 unspecified atom stereocenters. The Morgan fingerprint density at radius 2 is 1.50 bits per heavy atom. The van der Waals surface area contributed by atoms with Crippen molar-refractivity contribution in [3.63, 3.8) is 0 Å². The van der Waals surface area contributed by atoms with Gasteiger partial charge in [-0.3, -0.25) is 14.4 Å². The highest BCUT2D eigenvalue weighted by molar-refractivity contribution is 6.00. The lowest BCUT2D eigenvalue weighted by Gasteiger charge is -2.17. The van der Waals surface area contributed by atoms with Crippen LogP contribution in [-0.4, -0.2) is 38.0 Å². The molecule has 3 aromatic carbocycles. The number of nitrogens with zero attached hydrogens (tertiary/aromatic N) is 1. The molecule has 0 aromatic heterocycles. The first-order valence-electron chi connectivity index (χ1n) is 11.8. The molecule has 0 bridgehead atoms. The quantitative estimate of drug-likeness (QED) is 0.458. The maximum atomic E-state index is 12.6. The summed E-state index contributed by atoms with van der Waals surface area (Å²) >= 11 is 0. The Hall–Kier alpha value is -4.33. The summed E-state index contributed by atoms with van der Waals surface area (Å²) in [5.41, 5.74) is 2.65. The van der Waals surface area contributed by atoms with Gasteiger partial charge in [-0.1, -0.05) is 42.5 Å². The molecule has 36 heavy (non-hydrogen) atoms. The zero-order valence-electron chi connectivity index (χ0n) is 20.1. The Balaban J connectivity index is 1.23. The summed E-state index contributed by atoms with van der Waals surface area (Å²) in [5, 5.41) is 5.72. The average molecular weight is 488 g/mol. The van der Waals surface area contributed by atoms with Crippen molar-refractivity contribution in [2.45, 2.75) is 19.5 Å². The molecular weight excluding hydrogens is 458 g/mol. The highest BCUT2D eigenvalue weighted by Crippen LogP contribution is 2.27. The zero-order valence-corrected chi connectivity index (χ0v) is 20.1. The molecule has 2 N–H and O–H groups in total. The second-order valence-electron chi connectivity index (χ2n) is 8.52. The number of carbonyl (C=O) groups is 3. The van der Waals surface area contributed by atoms with Crippen LogP contribution in [0.25, 0.3) is 0 Å². The number of hydrogen-bond acceptors (Lipinski definition) is 5. The van der Waals surface area contributed by atoms with Crippen LogP contribution in [0.1, 0.15) is 17.5 Å². The molecule has 8 heteroatoms. The highest BCUT2D eigenvalue weighted by atomic mass is 16.5. The molecule has 1 fully saturated rings. The molecule has 3 aromatic rings. The fourth-order valence-corrected chi connectivity index (χ4v) is 3.93. The van der Waals surface area contributed by atoms with E-state index in [2.05, 4.69) is 10.6 Å². The molecule has 0 aliphatic carbocycles. The number of anilines is 1. The Morgan fingerprint density at radius 1 is 0.861 bits per heavy atom. The van der Waals surface area contributed by atoms with Crippen LogP contribution >= 0.6 is 0 Å². The Kier molecular flexibility index (Phi) is 8.18. The predicted molar refractivity (Wildman–Crippen MR) is 136 cm³/mol. The summed E-state index contributed by atoms with van der Waals surface area (Å²) < 4.78 is 10.7. The zero-order chi connectivity index (χ0) is 25.3. The molecule has 1 saturated heterocycles. The van der Waals surface area contributed by atoms with E-state index in [1.54, 1.807) is 36.3 Å². The van der Waals surface area contributed by atoms with Gasteiger partial charge in [-0.15, -0.1) is 0 Å². The van der Waals surface area contributed by atoms with Gasteiger partial charge in [0.05, 0.1) is 13.0 Å². The number of amides is 3. The van der Waals surface area contributed by atoms with E-state index < -0.39 is 5.92 Å². The molecule has 0 saturated carbocycles. The second kappa shape index (κ2) is 11.9. The first-order valence-corrected chi connectivity index (χ1v) is 11.8. The summed E-state index contributed by atoms with van der Waals surface area (Å²) in [6.07, 6.45) is 0.161. The molecular formula is C28H29N3O5. The van der Waals surface area contributed by atoms with E-state index in [0.717, 1.165) is 16.9 Å². The van der Waals surface area contributed by atoms with Crippen molar-refractivity contribution >= 4 is 23.4 Å². The van der Waals surface area contributed by atoms with Crippen molar-refractivity contribution in [3.05, 3.63) is 90.0 Å². The molecule has 3 amide bonds. The van der Waals surface area contributed by atoms with Gasteiger partial charge in [0.25, 0.3) is 5.91 Å². The van der Waals surface area contributed by atoms with Gasteiger partial charge in [0, 0.05) is 31.7 Å². The molecule has 0 radical (unpaired) electrons. The van der Waals surface area contributed by atoms with Crippen LogP contribution in [0, 0.1) is 5.92 Å². The van der Waals surface area contributed by atoms with Gasteiger partial charge in [-0.05, 0) is 47.5 Å². The van der Waals surface area contributed by atoms with Crippen LogP contribution in [0.2, 0.25) is 0 Å². The predicted octanol–water partition coefficient (Wildman–Crippen LogP) is 3.06. The van der Waals surface area contributed by atoms with Crippen LogP contribution in [0.15, 0.2) is 78.9 Å². The third-order valence-corrected chi connectivity index (χ3v) is 5.97. The monoisotopic (exact) mass is 487 g/mol. The van der Waals surface area contributed by atoms with Crippen LogP contribution in [0.5, 0.6) is 11.5 Å². The molecule has 0 spiro atoms. The van der Waals surface area contributed by atoms with Crippen LogP contribution in [-0.2, 0) is 27.5 Å². The fraction of sp³-hybridized carbons (Fsp3) is 0.250. The molecule has 1 atom stereocenters. The standard InChI is InChI=1S/C28H29N3O5/c1-35-24-11-7-21(8-12-24)17-30-28(34)22-15-27(33)31(18-22)23-9-13-25(14-10-23)36-19-26(32)29-16-20-5-3-2-4-6-20/h2-14,22H,15-19H2,1H3,(H,29,32)(H,30,34)/t22-/m0/s1. The number of hydrogen-bond donors (Lipinski definition) is 2. The van der Waals surface area contributed by atoms with Crippen molar-refractivity contribution < 1.29 is 23.9 Å². The summed E-state index contributed by atoms with van der Waals surface area (Å²) in [7, 11) is 1.60. The van der Waals surface area contributed by atoms with Crippen LogP contribution in [0.3, 0.4) is 0 Å². The smallest absolute Gasteiger partial charge is 0.258 e. The topological polar surface area (TPSA) is 97.0 Å². The van der Waals surface area contributed by atoms with Gasteiger partial charge < -0.3 is 25.0 Å². The maximum Gasteiger partial charge on any atom is 0.258 e. The third-order valence-electron chi connectivity index (χ3n) is 5.97. The van der Waals surface area contributed by atoms with Gasteiger partial charge >= 0.3 is 0 Å². The second-order valence-corrected chi connectivity index (χ2v) is 8.52. The summed E-state index contributed by atoms with van der Waals surface area (Å²) in [5.74, 6) is 0.386.